The van der Waals surface area contributed by atoms with E-state index in [9.17, 15) is 22.8 Å². The van der Waals surface area contributed by atoms with Gasteiger partial charge in [0, 0.05) is 25.6 Å². The summed E-state index contributed by atoms with van der Waals surface area (Å²) in [6, 6.07) is 13.0. The normalized spacial score (nSPS) is 15.2. The van der Waals surface area contributed by atoms with Crippen molar-refractivity contribution >= 4 is 27.7 Å². The van der Waals surface area contributed by atoms with Gasteiger partial charge < -0.3 is 10.2 Å². The summed E-state index contributed by atoms with van der Waals surface area (Å²) in [6.45, 7) is 7.49. The van der Waals surface area contributed by atoms with Crippen LogP contribution in [0.25, 0.3) is 0 Å². The van der Waals surface area contributed by atoms with E-state index in [0.717, 1.165) is 15.4 Å². The van der Waals surface area contributed by atoms with Gasteiger partial charge in [0.05, 0.1) is 5.56 Å². The quantitative estimate of drug-likeness (QED) is 0.588. The molecule has 0 spiro atoms. The molecule has 0 aliphatic carbocycles. The van der Waals surface area contributed by atoms with E-state index in [1.165, 1.54) is 17.0 Å². The predicted octanol–water partition coefficient (Wildman–Crippen LogP) is 2.86. The number of sulfonamides is 1. The average Bonchev–Trinajstić information content (AvgIpc) is 2.98. The Morgan fingerprint density at radius 2 is 1.68 bits per heavy atom. The standard InChI is InChI=1S/C25H31N3O5S/c1-17(2)26-24(30)19(4)27(16-20-13-11-18(3)12-14-20)23(29)10-7-15-28-25(31)21-8-5-6-9-22(21)34(28,32)33/h5-6,8-9,11-14,17,19H,7,10,15-16H2,1-4H3,(H,26,30)/t19-/m1/s1. The molecule has 2 aromatic rings. The van der Waals surface area contributed by atoms with Crippen LogP contribution in [0.3, 0.4) is 0 Å². The molecule has 1 aliphatic heterocycles. The van der Waals surface area contributed by atoms with Crippen LogP contribution in [0.15, 0.2) is 53.4 Å². The summed E-state index contributed by atoms with van der Waals surface area (Å²) in [5.74, 6) is -1.12. The van der Waals surface area contributed by atoms with Crippen molar-refractivity contribution in [2.45, 2.75) is 64.1 Å². The minimum absolute atomic E-state index is 0.000799. The molecule has 8 nitrogen and oxygen atoms in total. The van der Waals surface area contributed by atoms with E-state index in [1.807, 2.05) is 45.0 Å². The van der Waals surface area contributed by atoms with Crippen molar-refractivity contribution in [3.05, 3.63) is 65.2 Å². The lowest BCUT2D eigenvalue weighted by Crippen LogP contribution is -2.49. The van der Waals surface area contributed by atoms with E-state index in [1.54, 1.807) is 19.1 Å². The van der Waals surface area contributed by atoms with Gasteiger partial charge in [-0.15, -0.1) is 0 Å². The zero-order valence-electron chi connectivity index (χ0n) is 19.9. The first kappa shape index (κ1) is 25.4. The lowest BCUT2D eigenvalue weighted by Gasteiger charge is -2.29. The van der Waals surface area contributed by atoms with E-state index in [-0.39, 0.29) is 54.2 Å². The molecule has 1 heterocycles. The minimum Gasteiger partial charge on any atom is -0.352 e. The highest BCUT2D eigenvalue weighted by atomic mass is 32.2. The van der Waals surface area contributed by atoms with E-state index >= 15 is 0 Å². The molecule has 182 valence electrons. The van der Waals surface area contributed by atoms with Crippen LogP contribution in [-0.4, -0.2) is 54.0 Å². The average molecular weight is 486 g/mol. The summed E-state index contributed by atoms with van der Waals surface area (Å²) >= 11 is 0. The lowest BCUT2D eigenvalue weighted by atomic mass is 10.1. The number of carbonyl (C=O) groups is 3. The molecule has 1 aliphatic rings. The third-order valence-corrected chi connectivity index (χ3v) is 7.58. The summed E-state index contributed by atoms with van der Waals surface area (Å²) in [5, 5.41) is 2.84. The number of aryl methyl sites for hydroxylation is 1. The lowest BCUT2D eigenvalue weighted by molar-refractivity contribution is -0.140. The minimum atomic E-state index is -3.91. The van der Waals surface area contributed by atoms with Crippen LogP contribution in [-0.2, 0) is 26.2 Å². The highest BCUT2D eigenvalue weighted by Crippen LogP contribution is 2.30. The molecule has 0 unspecified atom stereocenters. The van der Waals surface area contributed by atoms with Crippen LogP contribution in [0, 0.1) is 6.92 Å². The number of hydrogen-bond acceptors (Lipinski definition) is 5. The van der Waals surface area contributed by atoms with Crippen LogP contribution in [0.1, 0.15) is 55.1 Å². The second-order valence-corrected chi connectivity index (χ2v) is 10.7. The van der Waals surface area contributed by atoms with Crippen LogP contribution in [0.5, 0.6) is 0 Å². The Bertz CT molecular complexity index is 1180. The Kier molecular flexibility index (Phi) is 7.76. The van der Waals surface area contributed by atoms with Gasteiger partial charge in [0.1, 0.15) is 10.9 Å². The Labute approximate surface area is 201 Å². The first-order valence-corrected chi connectivity index (χ1v) is 12.8. The third kappa shape index (κ3) is 5.47. The van der Waals surface area contributed by atoms with Crippen LogP contribution >= 0.6 is 0 Å². The fourth-order valence-electron chi connectivity index (χ4n) is 3.85. The highest BCUT2D eigenvalue weighted by Gasteiger charge is 2.40. The molecule has 0 radical (unpaired) electrons. The van der Waals surface area contributed by atoms with Crippen molar-refractivity contribution in [2.75, 3.05) is 6.54 Å². The molecule has 0 aromatic heterocycles. The van der Waals surface area contributed by atoms with Crippen LogP contribution in [0.2, 0.25) is 0 Å². The van der Waals surface area contributed by atoms with Crippen molar-refractivity contribution in [3.8, 4) is 0 Å². The van der Waals surface area contributed by atoms with E-state index in [4.69, 9.17) is 0 Å². The fourth-order valence-corrected chi connectivity index (χ4v) is 5.45. The maximum absolute atomic E-state index is 13.2. The maximum atomic E-state index is 13.2. The van der Waals surface area contributed by atoms with E-state index < -0.39 is 22.0 Å². The second-order valence-electron chi connectivity index (χ2n) is 8.83. The largest absolute Gasteiger partial charge is 0.352 e. The van der Waals surface area contributed by atoms with Gasteiger partial charge in [0.25, 0.3) is 15.9 Å². The van der Waals surface area contributed by atoms with Gasteiger partial charge in [-0.1, -0.05) is 42.0 Å². The van der Waals surface area contributed by atoms with Crippen molar-refractivity contribution in [3.63, 3.8) is 0 Å². The number of nitrogens with zero attached hydrogens (tertiary/aromatic N) is 2. The van der Waals surface area contributed by atoms with Gasteiger partial charge in [-0.3, -0.25) is 14.4 Å². The summed E-state index contributed by atoms with van der Waals surface area (Å²) in [4.78, 5) is 39.9. The first-order chi connectivity index (χ1) is 16.0. The number of hydrogen-bond donors (Lipinski definition) is 1. The van der Waals surface area contributed by atoms with Gasteiger partial charge in [-0.25, -0.2) is 12.7 Å². The number of amides is 3. The molecule has 1 N–H and O–H groups in total. The molecule has 0 saturated heterocycles. The van der Waals surface area contributed by atoms with Crippen molar-refractivity contribution in [1.82, 2.24) is 14.5 Å². The maximum Gasteiger partial charge on any atom is 0.269 e. The molecule has 9 heteroatoms. The Hall–Kier alpha value is -3.20. The highest BCUT2D eigenvalue weighted by molar-refractivity contribution is 7.90. The first-order valence-electron chi connectivity index (χ1n) is 11.3. The summed E-state index contributed by atoms with van der Waals surface area (Å²) in [6.07, 6.45) is 0.154. The van der Waals surface area contributed by atoms with E-state index in [2.05, 4.69) is 5.32 Å². The molecule has 0 bridgehead atoms. The Morgan fingerprint density at radius 3 is 2.29 bits per heavy atom. The third-order valence-electron chi connectivity index (χ3n) is 5.74. The molecular formula is C25H31N3O5S. The van der Waals surface area contributed by atoms with Crippen molar-refractivity contribution in [1.29, 1.82) is 0 Å². The summed E-state index contributed by atoms with van der Waals surface area (Å²) < 4.78 is 26.3. The van der Waals surface area contributed by atoms with Crippen molar-refractivity contribution in [2.24, 2.45) is 0 Å². The van der Waals surface area contributed by atoms with E-state index in [0.29, 0.717) is 0 Å². The monoisotopic (exact) mass is 485 g/mol. The van der Waals surface area contributed by atoms with Gasteiger partial charge in [0.15, 0.2) is 0 Å². The zero-order chi connectivity index (χ0) is 25.0. The fraction of sp³-hybridized carbons (Fsp3) is 0.400. The van der Waals surface area contributed by atoms with Crippen LogP contribution < -0.4 is 5.32 Å². The van der Waals surface area contributed by atoms with Gasteiger partial charge in [0.2, 0.25) is 11.8 Å². The number of rotatable bonds is 9. The second kappa shape index (κ2) is 10.4. The number of nitrogens with one attached hydrogen (secondary N) is 1. The topological polar surface area (TPSA) is 104 Å². The van der Waals surface area contributed by atoms with Crippen molar-refractivity contribution < 1.29 is 22.8 Å². The molecule has 0 saturated carbocycles. The number of fused-ring (bicyclic) bond motifs is 1. The molecule has 1 atom stereocenters. The number of benzene rings is 2. The Balaban J connectivity index is 1.70. The molecule has 0 fully saturated rings. The summed E-state index contributed by atoms with van der Waals surface area (Å²) in [5.41, 5.74) is 2.12. The van der Waals surface area contributed by atoms with Gasteiger partial charge >= 0.3 is 0 Å². The molecule has 3 rings (SSSR count). The SMILES string of the molecule is Cc1ccc(CN(C(=O)CCCN2C(=O)c3ccccc3S2(=O)=O)[C@H](C)C(=O)NC(C)C)cc1. The molecule has 3 amide bonds. The van der Waals surface area contributed by atoms with Crippen LogP contribution in [0.4, 0.5) is 0 Å². The zero-order valence-corrected chi connectivity index (χ0v) is 20.8. The Morgan fingerprint density at radius 1 is 1.03 bits per heavy atom. The van der Waals surface area contributed by atoms with Gasteiger partial charge in [-0.2, -0.15) is 0 Å². The van der Waals surface area contributed by atoms with Gasteiger partial charge in [-0.05, 0) is 51.8 Å². The predicted molar refractivity (Wildman–Crippen MR) is 128 cm³/mol. The number of carbonyl (C=O) groups excluding carboxylic acids is 3. The molecule has 34 heavy (non-hydrogen) atoms. The molecular weight excluding hydrogens is 454 g/mol. The summed E-state index contributed by atoms with van der Waals surface area (Å²) in [7, 11) is -3.91. The molecule has 2 aromatic carbocycles. The smallest absolute Gasteiger partial charge is 0.269 e.